The molecule has 0 aliphatic rings. The fourth-order valence-corrected chi connectivity index (χ4v) is 3.63. The molecule has 1 amide bonds. The standard InChI is InChI=1S/C23H18N2O2S/c26-23(25-19-10-6-13-24-15-19)22-21(12-14-28-22)27-16-18-9-4-5-11-20(18)17-7-2-1-3-8-17/h1-15H,16H2,(H,25,26). The summed E-state index contributed by atoms with van der Waals surface area (Å²) in [4.78, 5) is 17.1. The zero-order chi connectivity index (χ0) is 19.2. The monoisotopic (exact) mass is 386 g/mol. The maximum absolute atomic E-state index is 12.6. The number of hydrogen-bond donors (Lipinski definition) is 1. The summed E-state index contributed by atoms with van der Waals surface area (Å²) in [5, 5.41) is 4.71. The van der Waals surface area contributed by atoms with Crippen molar-refractivity contribution in [2.45, 2.75) is 6.61 Å². The molecule has 4 rings (SSSR count). The van der Waals surface area contributed by atoms with Crippen molar-refractivity contribution in [1.29, 1.82) is 0 Å². The third-order valence-corrected chi connectivity index (χ3v) is 5.13. The van der Waals surface area contributed by atoms with Crippen molar-refractivity contribution in [3.8, 4) is 16.9 Å². The minimum absolute atomic E-state index is 0.200. The Morgan fingerprint density at radius 2 is 1.79 bits per heavy atom. The van der Waals surface area contributed by atoms with E-state index in [0.717, 1.165) is 16.7 Å². The molecule has 0 radical (unpaired) electrons. The molecular formula is C23H18N2O2S. The van der Waals surface area contributed by atoms with Gasteiger partial charge < -0.3 is 10.1 Å². The molecule has 1 N–H and O–H groups in total. The minimum atomic E-state index is -0.200. The molecule has 0 atom stereocenters. The Labute approximate surface area is 167 Å². The van der Waals surface area contributed by atoms with E-state index in [2.05, 4.69) is 28.5 Å². The fourth-order valence-electron chi connectivity index (χ4n) is 2.90. The Morgan fingerprint density at radius 3 is 2.61 bits per heavy atom. The zero-order valence-corrected chi connectivity index (χ0v) is 15.9. The van der Waals surface area contributed by atoms with Crippen molar-refractivity contribution in [3.05, 3.63) is 101 Å². The largest absolute Gasteiger partial charge is 0.487 e. The fraction of sp³-hybridized carbons (Fsp3) is 0.0435. The number of amides is 1. The lowest BCUT2D eigenvalue weighted by atomic mass is 10.0. The average Bonchev–Trinajstić information content (AvgIpc) is 3.23. The predicted molar refractivity (Wildman–Crippen MR) is 113 cm³/mol. The zero-order valence-electron chi connectivity index (χ0n) is 15.0. The summed E-state index contributed by atoms with van der Waals surface area (Å²) < 4.78 is 6.02. The number of carbonyl (C=O) groups excluding carboxylic acids is 1. The maximum Gasteiger partial charge on any atom is 0.269 e. The van der Waals surface area contributed by atoms with E-state index in [1.165, 1.54) is 11.3 Å². The summed E-state index contributed by atoms with van der Waals surface area (Å²) >= 11 is 1.36. The molecule has 4 nitrogen and oxygen atoms in total. The SMILES string of the molecule is O=C(Nc1cccnc1)c1sccc1OCc1ccccc1-c1ccccc1. The van der Waals surface area contributed by atoms with Crippen LogP contribution in [0.2, 0.25) is 0 Å². The Balaban J connectivity index is 1.50. The Bertz CT molecular complexity index is 1060. The van der Waals surface area contributed by atoms with E-state index in [-0.39, 0.29) is 5.91 Å². The molecule has 138 valence electrons. The maximum atomic E-state index is 12.6. The molecular weight excluding hydrogens is 368 g/mol. The molecule has 2 heterocycles. The van der Waals surface area contributed by atoms with Crippen LogP contribution in [0.3, 0.4) is 0 Å². The Hall–Kier alpha value is -3.44. The summed E-state index contributed by atoms with van der Waals surface area (Å²) in [5.41, 5.74) is 3.99. The van der Waals surface area contributed by atoms with Crippen LogP contribution in [0.5, 0.6) is 5.75 Å². The van der Waals surface area contributed by atoms with Crippen molar-refractivity contribution in [1.82, 2.24) is 4.98 Å². The van der Waals surface area contributed by atoms with E-state index >= 15 is 0 Å². The first kappa shape index (κ1) is 17.9. The normalized spacial score (nSPS) is 10.4. The van der Waals surface area contributed by atoms with Crippen LogP contribution in [-0.4, -0.2) is 10.9 Å². The van der Waals surface area contributed by atoms with Gasteiger partial charge in [0.1, 0.15) is 17.2 Å². The lowest BCUT2D eigenvalue weighted by molar-refractivity contribution is 0.102. The van der Waals surface area contributed by atoms with Gasteiger partial charge in [-0.1, -0.05) is 54.6 Å². The molecule has 28 heavy (non-hydrogen) atoms. The Morgan fingerprint density at radius 1 is 0.964 bits per heavy atom. The van der Waals surface area contributed by atoms with Gasteiger partial charge in [0.15, 0.2) is 0 Å². The average molecular weight is 386 g/mol. The van der Waals surface area contributed by atoms with Gasteiger partial charge in [-0.25, -0.2) is 0 Å². The number of aromatic nitrogens is 1. The molecule has 0 aliphatic heterocycles. The van der Waals surface area contributed by atoms with Gasteiger partial charge in [0, 0.05) is 6.20 Å². The lowest BCUT2D eigenvalue weighted by Gasteiger charge is -2.12. The topological polar surface area (TPSA) is 51.2 Å². The van der Waals surface area contributed by atoms with Gasteiger partial charge in [-0.05, 0) is 40.3 Å². The summed E-state index contributed by atoms with van der Waals surface area (Å²) in [6, 6.07) is 23.7. The van der Waals surface area contributed by atoms with E-state index in [1.807, 2.05) is 47.8 Å². The van der Waals surface area contributed by atoms with Crippen LogP contribution in [-0.2, 0) is 6.61 Å². The van der Waals surface area contributed by atoms with E-state index < -0.39 is 0 Å². The number of rotatable bonds is 6. The molecule has 0 fully saturated rings. The lowest BCUT2D eigenvalue weighted by Crippen LogP contribution is -2.12. The van der Waals surface area contributed by atoms with Gasteiger partial charge >= 0.3 is 0 Å². The smallest absolute Gasteiger partial charge is 0.269 e. The highest BCUT2D eigenvalue weighted by molar-refractivity contribution is 7.12. The number of anilines is 1. The Kier molecular flexibility index (Phi) is 5.45. The molecule has 5 heteroatoms. The number of pyridine rings is 1. The molecule has 2 aromatic heterocycles. The molecule has 2 aromatic carbocycles. The van der Waals surface area contributed by atoms with Crippen LogP contribution in [0, 0.1) is 0 Å². The van der Waals surface area contributed by atoms with Gasteiger partial charge in [-0.3, -0.25) is 9.78 Å². The second-order valence-electron chi connectivity index (χ2n) is 6.12. The molecule has 0 saturated heterocycles. The van der Waals surface area contributed by atoms with E-state index in [4.69, 9.17) is 4.74 Å². The third kappa shape index (κ3) is 4.10. The molecule has 4 aromatic rings. The third-order valence-electron chi connectivity index (χ3n) is 4.24. The molecule has 0 aliphatic carbocycles. The number of nitrogens with one attached hydrogen (secondary N) is 1. The van der Waals surface area contributed by atoms with Crippen molar-refractivity contribution < 1.29 is 9.53 Å². The summed E-state index contributed by atoms with van der Waals surface area (Å²) in [7, 11) is 0. The van der Waals surface area contributed by atoms with E-state index in [0.29, 0.717) is 22.9 Å². The molecule has 0 saturated carbocycles. The first-order valence-electron chi connectivity index (χ1n) is 8.86. The number of benzene rings is 2. The van der Waals surface area contributed by atoms with Crippen LogP contribution < -0.4 is 10.1 Å². The molecule has 0 unspecified atom stereocenters. The summed E-state index contributed by atoms with van der Waals surface area (Å²) in [5.74, 6) is 0.378. The van der Waals surface area contributed by atoms with Crippen molar-refractivity contribution >= 4 is 22.9 Å². The first-order chi connectivity index (χ1) is 13.8. The highest BCUT2D eigenvalue weighted by Gasteiger charge is 2.15. The highest BCUT2D eigenvalue weighted by Crippen LogP contribution is 2.29. The summed E-state index contributed by atoms with van der Waals surface area (Å²) in [6.45, 7) is 0.384. The van der Waals surface area contributed by atoms with Crippen LogP contribution in [0.15, 0.2) is 90.6 Å². The quantitative estimate of drug-likeness (QED) is 0.466. The van der Waals surface area contributed by atoms with E-state index in [1.54, 1.807) is 24.5 Å². The van der Waals surface area contributed by atoms with Crippen molar-refractivity contribution in [2.75, 3.05) is 5.32 Å². The van der Waals surface area contributed by atoms with Gasteiger partial charge in [0.25, 0.3) is 5.91 Å². The number of nitrogens with zero attached hydrogens (tertiary/aromatic N) is 1. The first-order valence-corrected chi connectivity index (χ1v) is 9.74. The van der Waals surface area contributed by atoms with Crippen LogP contribution >= 0.6 is 11.3 Å². The minimum Gasteiger partial charge on any atom is -0.487 e. The van der Waals surface area contributed by atoms with Crippen LogP contribution in [0.4, 0.5) is 5.69 Å². The van der Waals surface area contributed by atoms with Crippen molar-refractivity contribution in [2.24, 2.45) is 0 Å². The van der Waals surface area contributed by atoms with E-state index in [9.17, 15) is 4.79 Å². The highest BCUT2D eigenvalue weighted by atomic mass is 32.1. The van der Waals surface area contributed by atoms with Gasteiger partial charge in [-0.2, -0.15) is 0 Å². The summed E-state index contributed by atoms with van der Waals surface area (Å²) in [6.07, 6.45) is 3.28. The number of carbonyl (C=O) groups is 1. The number of ether oxygens (including phenoxy) is 1. The van der Waals surface area contributed by atoms with Gasteiger partial charge in [0.2, 0.25) is 0 Å². The number of hydrogen-bond acceptors (Lipinski definition) is 4. The second kappa shape index (κ2) is 8.50. The number of thiophene rings is 1. The van der Waals surface area contributed by atoms with Gasteiger partial charge in [0.05, 0.1) is 11.9 Å². The predicted octanol–water partition coefficient (Wildman–Crippen LogP) is 5.64. The molecule has 0 spiro atoms. The van der Waals surface area contributed by atoms with Crippen molar-refractivity contribution in [3.63, 3.8) is 0 Å². The second-order valence-corrected chi connectivity index (χ2v) is 7.04. The van der Waals surface area contributed by atoms with Gasteiger partial charge in [-0.15, -0.1) is 11.3 Å². The molecule has 0 bridgehead atoms. The van der Waals surface area contributed by atoms with Crippen LogP contribution in [0.1, 0.15) is 15.2 Å². The van der Waals surface area contributed by atoms with Crippen LogP contribution in [0.25, 0.3) is 11.1 Å².